The van der Waals surface area contributed by atoms with E-state index in [4.69, 9.17) is 0 Å². The maximum Gasteiger partial charge on any atom is 0.0541 e. The number of fused-ring (bicyclic) bond motifs is 29. The van der Waals surface area contributed by atoms with Gasteiger partial charge < -0.3 is 13.7 Å². The van der Waals surface area contributed by atoms with Crippen LogP contribution in [0.25, 0.3) is 243 Å². The van der Waals surface area contributed by atoms with Crippen LogP contribution in [0.15, 0.2) is 455 Å². The first kappa shape index (κ1) is 82.9. The topological polar surface area (TPSA) is 14.8 Å². The fourth-order valence-electron chi connectivity index (χ4n) is 24.2. The quantitative estimate of drug-likeness (QED) is 0.137. The Morgan fingerprint density at radius 1 is 0.170 bits per heavy atom. The summed E-state index contributed by atoms with van der Waals surface area (Å²) in [5.41, 5.74) is 42.2. The molecule has 0 saturated carbocycles. The highest BCUT2D eigenvalue weighted by Crippen LogP contribution is 2.59. The average molecular weight is 1850 g/mol. The van der Waals surface area contributed by atoms with Crippen molar-refractivity contribution in [3.8, 4) is 117 Å². The van der Waals surface area contributed by atoms with E-state index in [1.165, 1.54) is 277 Å². The van der Waals surface area contributed by atoms with Crippen molar-refractivity contribution in [1.82, 2.24) is 13.7 Å². The fourth-order valence-corrected chi connectivity index (χ4v) is 27.9. The van der Waals surface area contributed by atoms with Gasteiger partial charge in [-0.3, -0.25) is 0 Å². The van der Waals surface area contributed by atoms with Crippen LogP contribution in [0.1, 0.15) is 74.9 Å². The summed E-state index contributed by atoms with van der Waals surface area (Å²) in [7, 11) is 0. The molecule has 0 aliphatic heterocycles. The minimum Gasteiger partial charge on any atom is -0.309 e. The van der Waals surface area contributed by atoms with Gasteiger partial charge in [0.25, 0.3) is 0 Å². The van der Waals surface area contributed by atoms with Crippen LogP contribution >= 0.6 is 34.0 Å². The lowest BCUT2D eigenvalue weighted by Gasteiger charge is -2.23. The van der Waals surface area contributed by atoms with Crippen LogP contribution in [0.3, 0.4) is 0 Å². The maximum absolute atomic E-state index is 2.48. The molecule has 27 aromatic rings. The van der Waals surface area contributed by atoms with Crippen LogP contribution in [-0.2, 0) is 16.2 Å². The zero-order valence-electron chi connectivity index (χ0n) is 78.9. The van der Waals surface area contributed by atoms with Crippen LogP contribution in [0.5, 0.6) is 0 Å². The molecule has 0 unspecified atom stereocenters. The average Bonchev–Trinajstić information content (AvgIpc) is 1.57. The van der Waals surface area contributed by atoms with E-state index in [0.29, 0.717) is 0 Å². The van der Waals surface area contributed by atoms with Gasteiger partial charge in [0, 0.05) is 126 Å². The second-order valence-corrected chi connectivity index (χ2v) is 43.3. The Hall–Kier alpha value is -16.3. The first-order valence-corrected chi connectivity index (χ1v) is 51.5. The molecule has 0 atom stereocenters. The Balaban J connectivity index is 0.000000104. The van der Waals surface area contributed by atoms with E-state index in [1.54, 1.807) is 0 Å². The summed E-state index contributed by atoms with van der Waals surface area (Å²) in [6.45, 7) is 14.4. The van der Waals surface area contributed by atoms with Gasteiger partial charge in [-0.1, -0.05) is 351 Å². The molecule has 0 bridgehead atoms. The highest BCUT2D eigenvalue weighted by molar-refractivity contribution is 7.26. The van der Waals surface area contributed by atoms with E-state index in [9.17, 15) is 0 Å². The Kier molecular flexibility index (Phi) is 18.7. The Morgan fingerprint density at radius 3 is 0.879 bits per heavy atom. The molecule has 6 heteroatoms. The molecule has 0 fully saturated rings. The third-order valence-corrected chi connectivity index (χ3v) is 34.6. The number of hydrogen-bond acceptors (Lipinski definition) is 3. The molecule has 6 heterocycles. The molecule has 30 rings (SSSR count). The molecular formula is C135H93N3S3. The summed E-state index contributed by atoms with van der Waals surface area (Å²) in [5.74, 6) is 0. The monoisotopic (exact) mass is 1850 g/mol. The summed E-state index contributed by atoms with van der Waals surface area (Å²) in [6.07, 6.45) is 0. The van der Waals surface area contributed by atoms with Gasteiger partial charge in [0.05, 0.1) is 33.1 Å². The predicted octanol–water partition coefficient (Wildman–Crippen LogP) is 38.4. The van der Waals surface area contributed by atoms with Gasteiger partial charge in [-0.2, -0.15) is 0 Å². The summed E-state index contributed by atoms with van der Waals surface area (Å²) in [4.78, 5) is 0. The van der Waals surface area contributed by atoms with E-state index >= 15 is 0 Å². The van der Waals surface area contributed by atoms with E-state index in [1.807, 2.05) is 34.0 Å². The molecule has 0 radical (unpaired) electrons. The molecule has 3 nitrogen and oxygen atoms in total. The minimum absolute atomic E-state index is 0.106. The second-order valence-electron chi connectivity index (χ2n) is 40.1. The normalized spacial score (nSPS) is 13.5. The minimum atomic E-state index is -0.124. The number of benzene rings is 21. The second kappa shape index (κ2) is 31.9. The Morgan fingerprint density at radius 2 is 0.475 bits per heavy atom. The third kappa shape index (κ3) is 13.0. The van der Waals surface area contributed by atoms with Gasteiger partial charge in [-0.25, -0.2) is 0 Å². The molecule has 0 saturated heterocycles. The van der Waals surface area contributed by atoms with Crippen molar-refractivity contribution in [2.45, 2.75) is 57.8 Å². The largest absolute Gasteiger partial charge is 0.309 e. The standard InChI is InChI=1S/3C45H31NS/c1-45(2)39-27-32(19-20-33(39)35-21-22-36-34-15-9-10-16-42(34)47-44(36)43(35)45)46-40-23-17-30(28-11-5-3-6-12-28)25-37(40)38-26-31(18-24-41(38)46)29-13-7-4-8-14-29;1-45(2)37-21-24-42-44(34-15-9-10-16-41(34)47-42)43(37)33-20-19-32(27-38(33)45)46-39-22-17-30(28-11-5-3-6-12-28)25-35(39)36-26-31(18-23-40(36)46)29-13-7-4-8-14-29;1-45(2)39-25-32(19-20-33(39)35-26-38-34-15-9-10-16-43(34)47-44(38)27-40(35)45)46-41-21-17-30(28-11-5-3-6-12-28)23-36(41)37-24-31(18-22-42(37)46)29-13-7-4-8-14-29/h3*3-27H,1-2H3. The number of hydrogen-bond donors (Lipinski definition) is 0. The zero-order valence-corrected chi connectivity index (χ0v) is 81.3. The summed E-state index contributed by atoms with van der Waals surface area (Å²) < 4.78 is 15.7. The van der Waals surface area contributed by atoms with E-state index in [-0.39, 0.29) is 16.2 Å². The van der Waals surface area contributed by atoms with Gasteiger partial charge in [0.2, 0.25) is 0 Å². The van der Waals surface area contributed by atoms with Gasteiger partial charge in [0.15, 0.2) is 0 Å². The van der Waals surface area contributed by atoms with E-state index in [0.717, 1.165) is 0 Å². The lowest BCUT2D eigenvalue weighted by Crippen LogP contribution is -2.15. The SMILES string of the molecule is CC1(C)c2cc(-n3c4ccc(-c5ccccc5)cc4c4cc(-c5ccccc5)ccc43)ccc2-c2c1ccc1sc3ccccc3c21.CC1(C)c2cc(-n3c4ccc(-c5ccccc5)cc4c4cc(-c5ccccc5)ccc43)ccc2-c2cc3c(cc21)sc1ccccc13.CC1(C)c2cc(-n3c4ccc(-c5ccccc5)cc4c4cc(-c5ccccc5)ccc43)ccc2-c2ccc3c(sc4ccccc43)c21. The molecule has 3 aliphatic rings. The molecule has 0 N–H and O–H groups in total. The van der Waals surface area contributed by atoms with Crippen molar-refractivity contribution in [2.75, 3.05) is 0 Å². The van der Waals surface area contributed by atoms with E-state index < -0.39 is 0 Å². The zero-order chi connectivity index (χ0) is 93.8. The first-order chi connectivity index (χ1) is 69.2. The van der Waals surface area contributed by atoms with Crippen LogP contribution in [0.2, 0.25) is 0 Å². The number of nitrogens with zero attached hydrogens (tertiary/aromatic N) is 3. The van der Waals surface area contributed by atoms with Gasteiger partial charge in [0.1, 0.15) is 0 Å². The lowest BCUT2D eigenvalue weighted by molar-refractivity contribution is 0.660. The maximum atomic E-state index is 2.48. The summed E-state index contributed by atoms with van der Waals surface area (Å²) >= 11 is 5.75. The molecule has 3 aliphatic carbocycles. The van der Waals surface area contributed by atoms with Crippen LogP contribution in [0.4, 0.5) is 0 Å². The van der Waals surface area contributed by atoms with Crippen molar-refractivity contribution in [2.24, 2.45) is 0 Å². The van der Waals surface area contributed by atoms with Gasteiger partial charge in [-0.05, 0) is 279 Å². The van der Waals surface area contributed by atoms with E-state index in [2.05, 4.69) is 510 Å². The van der Waals surface area contributed by atoms with Crippen molar-refractivity contribution >= 4 is 160 Å². The van der Waals surface area contributed by atoms with Crippen LogP contribution in [0, 0.1) is 0 Å². The predicted molar refractivity (Wildman–Crippen MR) is 606 cm³/mol. The summed E-state index contributed by atoms with van der Waals surface area (Å²) in [5, 5.41) is 15.9. The number of thiophene rings is 3. The molecular weight excluding hydrogens is 1760 g/mol. The molecule has 666 valence electrons. The molecule has 0 spiro atoms. The van der Waals surface area contributed by atoms with Crippen LogP contribution < -0.4 is 0 Å². The Labute approximate surface area is 830 Å². The van der Waals surface area contributed by atoms with Crippen molar-refractivity contribution < 1.29 is 0 Å². The highest BCUT2D eigenvalue weighted by Gasteiger charge is 2.42. The van der Waals surface area contributed by atoms with Crippen molar-refractivity contribution in [1.29, 1.82) is 0 Å². The molecule has 21 aromatic carbocycles. The van der Waals surface area contributed by atoms with Crippen molar-refractivity contribution in [3.63, 3.8) is 0 Å². The number of rotatable bonds is 9. The summed E-state index contributed by atoms with van der Waals surface area (Å²) in [6, 6.07) is 168. The number of aromatic nitrogens is 3. The lowest BCUT2D eigenvalue weighted by atomic mass is 9.82. The highest BCUT2D eigenvalue weighted by atomic mass is 32.1. The smallest absolute Gasteiger partial charge is 0.0541 e. The molecule has 141 heavy (non-hydrogen) atoms. The first-order valence-electron chi connectivity index (χ1n) is 49.1. The van der Waals surface area contributed by atoms with Crippen LogP contribution in [-0.4, -0.2) is 13.7 Å². The third-order valence-electron chi connectivity index (χ3n) is 31.2. The van der Waals surface area contributed by atoms with Crippen molar-refractivity contribution in [3.05, 3.63) is 488 Å². The Bertz CT molecular complexity index is 9580. The molecule has 0 amide bonds. The van der Waals surface area contributed by atoms with Gasteiger partial charge >= 0.3 is 0 Å². The fraction of sp³-hybridized carbons (Fsp3) is 0.0667. The van der Waals surface area contributed by atoms with Gasteiger partial charge in [-0.15, -0.1) is 34.0 Å². The molecule has 6 aromatic heterocycles.